The number of Topliss-reactive ketones (excluding diaryl/α,β-unsaturated/α-hetero) is 1. The molecule has 0 heterocycles. The van der Waals surface area contributed by atoms with Gasteiger partial charge in [0.2, 0.25) is 0 Å². The van der Waals surface area contributed by atoms with Crippen LogP contribution in [0.5, 0.6) is 0 Å². The Morgan fingerprint density at radius 1 is 1.17 bits per heavy atom. The van der Waals surface area contributed by atoms with E-state index in [-0.39, 0.29) is 17.5 Å². The first-order valence-electron chi connectivity index (χ1n) is 11.5. The second-order valence-electron chi connectivity index (χ2n) is 7.54. The summed E-state index contributed by atoms with van der Waals surface area (Å²) < 4.78 is 13.2. The van der Waals surface area contributed by atoms with Gasteiger partial charge in [-0.05, 0) is 61.8 Å². The summed E-state index contributed by atoms with van der Waals surface area (Å²) in [6, 6.07) is 5.12. The van der Waals surface area contributed by atoms with E-state index < -0.39 is 0 Å². The second kappa shape index (κ2) is 18.3. The molecule has 3 heteroatoms. The number of hydrogen-bond acceptors (Lipinski definition) is 1. The number of halogens is 1. The van der Waals surface area contributed by atoms with Crippen LogP contribution in [0.2, 0.25) is 0 Å². The van der Waals surface area contributed by atoms with Crippen LogP contribution in [0.15, 0.2) is 54.2 Å². The summed E-state index contributed by atoms with van der Waals surface area (Å²) in [7, 11) is 2.40. The predicted molar refractivity (Wildman–Crippen MR) is 135 cm³/mol. The maximum Gasteiger partial charge on any atom is 0.133 e. The number of carbonyl (C=O) groups is 1. The number of hydrogen-bond donors (Lipinski definition) is 0. The van der Waals surface area contributed by atoms with Crippen molar-refractivity contribution in [2.45, 2.75) is 91.9 Å². The van der Waals surface area contributed by atoms with Crippen molar-refractivity contribution < 1.29 is 9.18 Å². The highest BCUT2D eigenvalue weighted by atomic mass is 31.0. The minimum Gasteiger partial charge on any atom is -0.300 e. The topological polar surface area (TPSA) is 17.1 Å². The van der Waals surface area contributed by atoms with Crippen molar-refractivity contribution in [3.63, 3.8) is 0 Å². The Labute approximate surface area is 187 Å². The third kappa shape index (κ3) is 12.9. The molecular formula is C27H42FOP. The number of unbranched alkanes of at least 4 members (excludes halogenated alkanes) is 1. The van der Waals surface area contributed by atoms with Crippen LogP contribution in [-0.2, 0) is 4.79 Å². The molecular weight excluding hydrogens is 390 g/mol. The third-order valence-corrected chi connectivity index (χ3v) is 5.32. The molecule has 0 aromatic heterocycles. The van der Waals surface area contributed by atoms with Gasteiger partial charge in [-0.1, -0.05) is 77.0 Å². The predicted octanol–water partition coefficient (Wildman–Crippen LogP) is 8.22. The lowest BCUT2D eigenvalue weighted by molar-refractivity contribution is -0.119. The number of allylic oxidation sites excluding steroid dienone is 6. The van der Waals surface area contributed by atoms with E-state index in [1.807, 2.05) is 13.0 Å². The highest BCUT2D eigenvalue weighted by molar-refractivity contribution is 7.27. The minimum atomic E-state index is -0.212. The lowest BCUT2D eigenvalue weighted by Gasteiger charge is -2.16. The molecule has 30 heavy (non-hydrogen) atoms. The zero-order valence-electron chi connectivity index (χ0n) is 19.7. The van der Waals surface area contributed by atoms with Crippen LogP contribution >= 0.6 is 9.24 Å². The van der Waals surface area contributed by atoms with Gasteiger partial charge in [0.15, 0.2) is 0 Å². The number of rotatable bonds is 12. The van der Waals surface area contributed by atoms with E-state index in [0.717, 1.165) is 24.8 Å². The van der Waals surface area contributed by atoms with Crippen molar-refractivity contribution in [3.8, 4) is 0 Å². The van der Waals surface area contributed by atoms with Crippen LogP contribution in [0.25, 0.3) is 0 Å². The van der Waals surface area contributed by atoms with Gasteiger partial charge in [0.25, 0.3) is 0 Å². The van der Waals surface area contributed by atoms with Crippen LogP contribution in [0.1, 0.15) is 97.5 Å². The van der Waals surface area contributed by atoms with Gasteiger partial charge in [-0.15, -0.1) is 9.24 Å². The lowest BCUT2D eigenvalue weighted by Crippen LogP contribution is -2.09. The second-order valence-corrected chi connectivity index (χ2v) is 8.17. The summed E-state index contributed by atoms with van der Waals surface area (Å²) in [6.07, 6.45) is 18.9. The van der Waals surface area contributed by atoms with E-state index >= 15 is 0 Å². The Hall–Kier alpha value is -1.53. The Bertz CT molecular complexity index is 688. The smallest absolute Gasteiger partial charge is 0.133 e. The summed E-state index contributed by atoms with van der Waals surface area (Å²) in [5.74, 6) is 0.293. The van der Waals surface area contributed by atoms with Gasteiger partial charge in [0, 0.05) is 18.1 Å². The van der Waals surface area contributed by atoms with E-state index in [4.69, 9.17) is 0 Å². The molecule has 2 atom stereocenters. The standard InChI is InChI=1S/C14H20FOP.C13H22/c1-3-5-10(8-12(16)4-2)11-6-7-13(15)14(17)9-11;1-4-7-9-12-13(10-6-3)11-8-5-2/h6-7,9-10H,3-5,8,17H2,1-2H3;6-7,9-10,12H,4-5,8,11H2,1-3H3/b;9-7+,10-6-,13-12+. The SMILES string of the molecule is CCCC(CC(=O)CC)c1ccc(F)c(P)c1.C\C=C/C(=C\C=C\CC)CCCC. The molecule has 0 saturated carbocycles. The van der Waals surface area contributed by atoms with Gasteiger partial charge < -0.3 is 0 Å². The maximum absolute atomic E-state index is 13.2. The van der Waals surface area contributed by atoms with Gasteiger partial charge in [-0.25, -0.2) is 4.39 Å². The molecule has 1 aromatic rings. The van der Waals surface area contributed by atoms with Crippen LogP contribution in [0.4, 0.5) is 4.39 Å². The van der Waals surface area contributed by atoms with Crippen molar-refractivity contribution in [2.75, 3.05) is 0 Å². The summed E-state index contributed by atoms with van der Waals surface area (Å²) in [5.41, 5.74) is 2.51. The first-order chi connectivity index (χ1) is 14.4. The number of carbonyl (C=O) groups excluding carboxylic acids is 1. The van der Waals surface area contributed by atoms with Crippen molar-refractivity contribution >= 4 is 20.3 Å². The fraction of sp³-hybridized carbons (Fsp3) is 0.519. The van der Waals surface area contributed by atoms with Crippen molar-refractivity contribution in [2.24, 2.45) is 0 Å². The van der Waals surface area contributed by atoms with Crippen LogP contribution in [-0.4, -0.2) is 5.78 Å². The molecule has 0 spiro atoms. The Kier molecular flexibility index (Phi) is 17.3. The van der Waals surface area contributed by atoms with E-state index in [1.54, 1.807) is 6.07 Å². The molecule has 0 amide bonds. The zero-order valence-corrected chi connectivity index (χ0v) is 20.9. The molecule has 0 bridgehead atoms. The normalized spacial score (nSPS) is 12.8. The average Bonchev–Trinajstić information content (AvgIpc) is 2.74. The molecule has 0 radical (unpaired) electrons. The molecule has 0 aliphatic rings. The quantitative estimate of drug-likeness (QED) is 0.240. The van der Waals surface area contributed by atoms with Crippen molar-refractivity contribution in [1.82, 2.24) is 0 Å². The highest BCUT2D eigenvalue weighted by Crippen LogP contribution is 2.26. The summed E-state index contributed by atoms with van der Waals surface area (Å²) in [5, 5.41) is 0.576. The largest absolute Gasteiger partial charge is 0.300 e. The van der Waals surface area contributed by atoms with E-state index in [9.17, 15) is 9.18 Å². The number of ketones is 1. The molecule has 0 aliphatic heterocycles. The summed E-state index contributed by atoms with van der Waals surface area (Å²) >= 11 is 0. The summed E-state index contributed by atoms with van der Waals surface area (Å²) in [4.78, 5) is 11.5. The lowest BCUT2D eigenvalue weighted by atomic mass is 9.89. The molecule has 0 N–H and O–H groups in total. The average molecular weight is 433 g/mol. The molecule has 2 unspecified atom stereocenters. The van der Waals surface area contributed by atoms with E-state index in [0.29, 0.717) is 18.1 Å². The zero-order chi connectivity index (χ0) is 22.8. The highest BCUT2D eigenvalue weighted by Gasteiger charge is 2.15. The first kappa shape index (κ1) is 28.5. The molecule has 1 aromatic carbocycles. The third-order valence-electron chi connectivity index (χ3n) is 4.88. The summed E-state index contributed by atoms with van der Waals surface area (Å²) in [6.45, 7) is 10.5. The van der Waals surface area contributed by atoms with Crippen LogP contribution < -0.4 is 5.30 Å². The molecule has 1 nitrogen and oxygen atoms in total. The Balaban J connectivity index is 0.000000584. The monoisotopic (exact) mass is 432 g/mol. The minimum absolute atomic E-state index is 0.212. The molecule has 0 fully saturated rings. The Morgan fingerprint density at radius 3 is 2.43 bits per heavy atom. The molecule has 168 valence electrons. The van der Waals surface area contributed by atoms with E-state index in [1.165, 1.54) is 30.9 Å². The first-order valence-corrected chi connectivity index (χ1v) is 12.1. The van der Waals surface area contributed by atoms with Gasteiger partial charge >= 0.3 is 0 Å². The fourth-order valence-corrected chi connectivity index (χ4v) is 3.40. The van der Waals surface area contributed by atoms with Crippen LogP contribution in [0.3, 0.4) is 0 Å². The van der Waals surface area contributed by atoms with Crippen LogP contribution in [0, 0.1) is 5.82 Å². The number of benzene rings is 1. The van der Waals surface area contributed by atoms with E-state index in [2.05, 4.69) is 67.3 Å². The van der Waals surface area contributed by atoms with Gasteiger partial charge in [0.05, 0.1) is 0 Å². The molecule has 0 aliphatic carbocycles. The van der Waals surface area contributed by atoms with Crippen molar-refractivity contribution in [3.05, 3.63) is 65.5 Å². The van der Waals surface area contributed by atoms with Gasteiger partial charge in [0.1, 0.15) is 11.6 Å². The fourth-order valence-electron chi connectivity index (χ4n) is 3.12. The van der Waals surface area contributed by atoms with Crippen molar-refractivity contribution in [1.29, 1.82) is 0 Å². The van der Waals surface area contributed by atoms with Gasteiger partial charge in [-0.3, -0.25) is 4.79 Å². The Morgan fingerprint density at radius 2 is 1.90 bits per heavy atom. The van der Waals surface area contributed by atoms with Gasteiger partial charge in [-0.2, -0.15) is 0 Å². The maximum atomic E-state index is 13.2. The molecule has 1 rings (SSSR count). The molecule has 0 saturated heterocycles.